The smallest absolute Gasteiger partial charge is 0.255 e. The summed E-state index contributed by atoms with van der Waals surface area (Å²) in [5.74, 6) is -0.401. The molecule has 1 fully saturated rings. The molecular formula is C18H19ClN2O4S2. The largest absolute Gasteiger partial charge is 0.379 e. The molecule has 1 aliphatic rings. The van der Waals surface area contributed by atoms with Gasteiger partial charge in [0.1, 0.15) is 4.90 Å². The van der Waals surface area contributed by atoms with Gasteiger partial charge in [0.25, 0.3) is 5.91 Å². The summed E-state index contributed by atoms with van der Waals surface area (Å²) in [7, 11) is -3.79. The van der Waals surface area contributed by atoms with E-state index in [1.54, 1.807) is 23.9 Å². The van der Waals surface area contributed by atoms with Gasteiger partial charge in [0.15, 0.2) is 0 Å². The number of sulfonamides is 1. The Kier molecular flexibility index (Phi) is 6.44. The second-order valence-electron chi connectivity index (χ2n) is 5.84. The molecule has 9 heteroatoms. The van der Waals surface area contributed by atoms with Gasteiger partial charge in [-0.2, -0.15) is 4.31 Å². The van der Waals surface area contributed by atoms with E-state index in [1.165, 1.54) is 22.5 Å². The van der Waals surface area contributed by atoms with E-state index in [-0.39, 0.29) is 28.6 Å². The molecule has 1 heterocycles. The van der Waals surface area contributed by atoms with Gasteiger partial charge in [-0.15, -0.1) is 11.8 Å². The summed E-state index contributed by atoms with van der Waals surface area (Å²) in [6, 6.07) is 11.6. The molecule has 0 saturated carbocycles. The molecule has 1 aliphatic heterocycles. The number of hydrogen-bond donors (Lipinski definition) is 1. The number of carbonyl (C=O) groups is 1. The van der Waals surface area contributed by atoms with Crippen LogP contribution in [0.25, 0.3) is 0 Å². The highest BCUT2D eigenvalue weighted by Gasteiger charge is 2.29. The topological polar surface area (TPSA) is 75.7 Å². The third-order valence-corrected chi connectivity index (χ3v) is 7.25. The van der Waals surface area contributed by atoms with E-state index >= 15 is 0 Å². The zero-order valence-electron chi connectivity index (χ0n) is 14.6. The summed E-state index contributed by atoms with van der Waals surface area (Å²) in [5.41, 5.74) is 0.852. The minimum absolute atomic E-state index is 0.0727. The fourth-order valence-electron chi connectivity index (χ4n) is 2.65. The van der Waals surface area contributed by atoms with Gasteiger partial charge in [0.05, 0.1) is 18.2 Å². The van der Waals surface area contributed by atoms with Gasteiger partial charge in [0, 0.05) is 29.2 Å². The summed E-state index contributed by atoms with van der Waals surface area (Å²) in [6.45, 7) is 1.19. The lowest BCUT2D eigenvalue weighted by Crippen LogP contribution is -2.40. The van der Waals surface area contributed by atoms with Crippen LogP contribution in [-0.2, 0) is 14.8 Å². The van der Waals surface area contributed by atoms with Crippen molar-refractivity contribution >= 4 is 45.0 Å². The Morgan fingerprint density at radius 1 is 1.15 bits per heavy atom. The predicted molar refractivity (Wildman–Crippen MR) is 107 cm³/mol. The van der Waals surface area contributed by atoms with E-state index in [1.807, 2.05) is 18.4 Å². The molecule has 0 aliphatic carbocycles. The summed E-state index contributed by atoms with van der Waals surface area (Å²) in [4.78, 5) is 13.6. The number of morpholine rings is 1. The Morgan fingerprint density at radius 2 is 1.81 bits per heavy atom. The van der Waals surface area contributed by atoms with Crippen molar-refractivity contribution in [1.82, 2.24) is 4.31 Å². The average molecular weight is 427 g/mol. The molecule has 1 amide bonds. The van der Waals surface area contributed by atoms with Crippen LogP contribution in [0.2, 0.25) is 5.02 Å². The van der Waals surface area contributed by atoms with E-state index < -0.39 is 15.9 Å². The molecule has 3 rings (SSSR count). The Morgan fingerprint density at radius 3 is 2.44 bits per heavy atom. The first-order chi connectivity index (χ1) is 12.9. The quantitative estimate of drug-likeness (QED) is 0.742. The predicted octanol–water partition coefficient (Wildman–Crippen LogP) is 3.34. The molecule has 0 aromatic heterocycles. The number of ether oxygens (including phenoxy) is 1. The van der Waals surface area contributed by atoms with Crippen molar-refractivity contribution < 1.29 is 17.9 Å². The van der Waals surface area contributed by atoms with E-state index in [2.05, 4.69) is 5.32 Å². The van der Waals surface area contributed by atoms with Gasteiger partial charge in [-0.1, -0.05) is 11.6 Å². The van der Waals surface area contributed by atoms with Crippen molar-refractivity contribution in [3.05, 3.63) is 53.1 Å². The van der Waals surface area contributed by atoms with Crippen molar-refractivity contribution in [3.8, 4) is 0 Å². The summed E-state index contributed by atoms with van der Waals surface area (Å²) < 4.78 is 32.2. The van der Waals surface area contributed by atoms with Gasteiger partial charge < -0.3 is 10.1 Å². The van der Waals surface area contributed by atoms with Crippen LogP contribution >= 0.6 is 23.4 Å². The number of halogens is 1. The molecule has 0 unspecified atom stereocenters. The molecule has 6 nitrogen and oxygen atoms in total. The van der Waals surface area contributed by atoms with Crippen molar-refractivity contribution in [2.45, 2.75) is 9.79 Å². The average Bonchev–Trinajstić information content (AvgIpc) is 2.69. The van der Waals surface area contributed by atoms with Crippen LogP contribution in [0.4, 0.5) is 5.69 Å². The molecule has 0 atom stereocenters. The minimum Gasteiger partial charge on any atom is -0.379 e. The molecule has 144 valence electrons. The van der Waals surface area contributed by atoms with Crippen LogP contribution in [0.3, 0.4) is 0 Å². The number of hydrogen-bond acceptors (Lipinski definition) is 5. The number of carbonyl (C=O) groups excluding carboxylic acids is 1. The highest BCUT2D eigenvalue weighted by atomic mass is 35.5. The maximum atomic E-state index is 12.9. The van der Waals surface area contributed by atoms with Gasteiger partial charge >= 0.3 is 0 Å². The number of nitrogens with zero attached hydrogens (tertiary/aromatic N) is 1. The Hall–Kier alpha value is -1.58. The Bertz CT molecular complexity index is 927. The third-order valence-electron chi connectivity index (χ3n) is 4.13. The normalized spacial score (nSPS) is 15.5. The van der Waals surface area contributed by atoms with Gasteiger partial charge in [-0.3, -0.25) is 4.79 Å². The summed E-state index contributed by atoms with van der Waals surface area (Å²) in [6.07, 6.45) is 1.97. The molecular weight excluding hydrogens is 408 g/mol. The number of nitrogens with one attached hydrogen (secondary N) is 1. The van der Waals surface area contributed by atoms with E-state index in [0.29, 0.717) is 18.9 Å². The number of benzene rings is 2. The Balaban J connectivity index is 1.84. The third kappa shape index (κ3) is 4.64. The van der Waals surface area contributed by atoms with Crippen LogP contribution in [0.15, 0.2) is 52.3 Å². The highest BCUT2D eigenvalue weighted by Crippen LogP contribution is 2.27. The maximum Gasteiger partial charge on any atom is 0.255 e. The summed E-state index contributed by atoms with van der Waals surface area (Å²) >= 11 is 7.73. The first-order valence-electron chi connectivity index (χ1n) is 8.24. The summed E-state index contributed by atoms with van der Waals surface area (Å²) in [5, 5.41) is 2.85. The van der Waals surface area contributed by atoms with Gasteiger partial charge in [-0.25, -0.2) is 8.42 Å². The van der Waals surface area contributed by atoms with Crippen LogP contribution in [0.5, 0.6) is 0 Å². The van der Waals surface area contributed by atoms with Crippen LogP contribution in [-0.4, -0.2) is 51.2 Å². The fraction of sp³-hybridized carbons (Fsp3) is 0.278. The van der Waals surface area contributed by atoms with Crippen molar-refractivity contribution in [3.63, 3.8) is 0 Å². The standard InChI is InChI=1S/C18H19ClN2O4S2/c1-26-15-5-3-14(4-6-15)20-18(22)13-2-7-16(19)17(12-13)27(23,24)21-8-10-25-11-9-21/h2-7,12H,8-11H2,1H3,(H,20,22). The van der Waals surface area contributed by atoms with E-state index in [4.69, 9.17) is 16.3 Å². The molecule has 1 N–H and O–H groups in total. The molecule has 2 aromatic carbocycles. The van der Waals surface area contributed by atoms with Crippen LogP contribution < -0.4 is 5.32 Å². The SMILES string of the molecule is CSc1ccc(NC(=O)c2ccc(Cl)c(S(=O)(=O)N3CCOCC3)c2)cc1. The zero-order chi connectivity index (χ0) is 19.4. The molecule has 2 aromatic rings. The molecule has 27 heavy (non-hydrogen) atoms. The lowest BCUT2D eigenvalue weighted by molar-refractivity contribution is 0.0730. The first-order valence-corrected chi connectivity index (χ1v) is 11.3. The van der Waals surface area contributed by atoms with Gasteiger partial charge in [-0.05, 0) is 48.7 Å². The maximum absolute atomic E-state index is 12.9. The first kappa shape index (κ1) is 20.2. The second kappa shape index (κ2) is 8.62. The minimum atomic E-state index is -3.79. The molecule has 0 radical (unpaired) electrons. The lowest BCUT2D eigenvalue weighted by atomic mass is 10.2. The number of anilines is 1. The van der Waals surface area contributed by atoms with Gasteiger partial charge in [0.2, 0.25) is 10.0 Å². The number of amides is 1. The van der Waals surface area contributed by atoms with E-state index in [0.717, 1.165) is 4.90 Å². The van der Waals surface area contributed by atoms with Crippen molar-refractivity contribution in [2.24, 2.45) is 0 Å². The lowest BCUT2D eigenvalue weighted by Gasteiger charge is -2.26. The molecule has 0 spiro atoms. The highest BCUT2D eigenvalue weighted by molar-refractivity contribution is 7.98. The monoisotopic (exact) mass is 426 g/mol. The van der Waals surface area contributed by atoms with Crippen LogP contribution in [0.1, 0.15) is 10.4 Å². The Labute approximate surface area is 167 Å². The zero-order valence-corrected chi connectivity index (χ0v) is 17.0. The number of rotatable bonds is 5. The van der Waals surface area contributed by atoms with E-state index in [9.17, 15) is 13.2 Å². The molecule has 1 saturated heterocycles. The van der Waals surface area contributed by atoms with Crippen molar-refractivity contribution in [2.75, 3.05) is 37.9 Å². The second-order valence-corrected chi connectivity index (χ2v) is 9.04. The van der Waals surface area contributed by atoms with Crippen molar-refractivity contribution in [1.29, 1.82) is 0 Å². The fourth-order valence-corrected chi connectivity index (χ4v) is 4.96. The molecule has 0 bridgehead atoms. The van der Waals surface area contributed by atoms with Crippen LogP contribution in [0, 0.1) is 0 Å². The number of thioether (sulfide) groups is 1.